The van der Waals surface area contributed by atoms with E-state index in [0.29, 0.717) is 0 Å². The molecule has 2 atom stereocenters. The van der Waals surface area contributed by atoms with E-state index in [1.165, 1.54) is 23.6 Å². The molecule has 0 saturated heterocycles. The molecule has 25 heavy (non-hydrogen) atoms. The summed E-state index contributed by atoms with van der Waals surface area (Å²) in [7, 11) is 3.33. The quantitative estimate of drug-likeness (QED) is 0.791. The fraction of sp³-hybridized carbons (Fsp3) is 0.450. The fourth-order valence-electron chi connectivity index (χ4n) is 4.52. The summed E-state index contributed by atoms with van der Waals surface area (Å²) >= 11 is 0. The number of nitrogens with zero attached hydrogens (tertiary/aromatic N) is 1. The van der Waals surface area contributed by atoms with Gasteiger partial charge >= 0.3 is 5.97 Å². The third-order valence-electron chi connectivity index (χ3n) is 5.56. The van der Waals surface area contributed by atoms with E-state index in [2.05, 4.69) is 29.2 Å². The molecule has 1 aromatic carbocycles. The van der Waals surface area contributed by atoms with Crippen LogP contribution in [0.3, 0.4) is 0 Å². The van der Waals surface area contributed by atoms with Gasteiger partial charge in [-0.25, -0.2) is 0 Å². The van der Waals surface area contributed by atoms with E-state index in [-0.39, 0.29) is 17.6 Å². The van der Waals surface area contributed by atoms with E-state index in [0.717, 1.165) is 37.4 Å². The highest BCUT2D eigenvalue weighted by Gasteiger charge is 2.50. The van der Waals surface area contributed by atoms with E-state index in [4.69, 9.17) is 14.2 Å². The first kappa shape index (κ1) is 16.2. The molecule has 0 radical (unpaired) electrons. The van der Waals surface area contributed by atoms with Crippen LogP contribution in [0.15, 0.2) is 35.9 Å². The summed E-state index contributed by atoms with van der Waals surface area (Å²) in [5.41, 5.74) is 3.55. The van der Waals surface area contributed by atoms with Crippen molar-refractivity contribution < 1.29 is 19.0 Å². The Bertz CT molecular complexity index is 782. The lowest BCUT2D eigenvalue weighted by atomic mass is 9.71. The zero-order valence-electron chi connectivity index (χ0n) is 14.9. The molecule has 2 heterocycles. The first-order chi connectivity index (χ1) is 12.1. The third kappa shape index (κ3) is 2.37. The average molecular weight is 341 g/mol. The zero-order chi connectivity index (χ0) is 17.6. The van der Waals surface area contributed by atoms with Crippen molar-refractivity contribution in [3.8, 4) is 11.5 Å². The van der Waals surface area contributed by atoms with Crippen molar-refractivity contribution in [2.24, 2.45) is 0 Å². The van der Waals surface area contributed by atoms with E-state index in [1.807, 2.05) is 6.08 Å². The zero-order valence-corrected chi connectivity index (χ0v) is 14.9. The molecule has 0 unspecified atom stereocenters. The Morgan fingerprint density at radius 3 is 2.72 bits per heavy atom. The smallest absolute Gasteiger partial charge is 0.303 e. The van der Waals surface area contributed by atoms with Gasteiger partial charge in [-0.2, -0.15) is 0 Å². The van der Waals surface area contributed by atoms with Crippen molar-refractivity contribution in [2.75, 3.05) is 27.3 Å². The predicted molar refractivity (Wildman–Crippen MR) is 93.9 cm³/mol. The first-order valence-corrected chi connectivity index (χ1v) is 8.65. The van der Waals surface area contributed by atoms with Crippen molar-refractivity contribution in [3.05, 3.63) is 47.1 Å². The van der Waals surface area contributed by atoms with Crippen molar-refractivity contribution >= 4 is 5.97 Å². The molecule has 1 aliphatic carbocycles. The van der Waals surface area contributed by atoms with Gasteiger partial charge in [0, 0.05) is 26.4 Å². The van der Waals surface area contributed by atoms with Gasteiger partial charge in [-0.05, 0) is 41.3 Å². The van der Waals surface area contributed by atoms with Crippen molar-refractivity contribution in [2.45, 2.75) is 31.4 Å². The van der Waals surface area contributed by atoms with E-state index >= 15 is 0 Å². The fourth-order valence-corrected chi connectivity index (χ4v) is 4.52. The minimum Gasteiger partial charge on any atom is -0.493 e. The summed E-state index contributed by atoms with van der Waals surface area (Å²) < 4.78 is 16.6. The van der Waals surface area contributed by atoms with Crippen LogP contribution in [0.25, 0.3) is 0 Å². The van der Waals surface area contributed by atoms with Crippen molar-refractivity contribution in [3.63, 3.8) is 0 Å². The minimum atomic E-state index is -0.248. The van der Waals surface area contributed by atoms with E-state index in [1.54, 1.807) is 14.2 Å². The molecule has 3 aliphatic rings. The van der Waals surface area contributed by atoms with Crippen LogP contribution in [0.1, 0.15) is 24.5 Å². The van der Waals surface area contributed by atoms with Crippen molar-refractivity contribution in [1.29, 1.82) is 0 Å². The number of fused-ring (bicyclic) bond motifs is 1. The Labute approximate surface area is 147 Å². The molecule has 2 aliphatic heterocycles. The lowest BCUT2D eigenvalue weighted by molar-refractivity contribution is -0.145. The van der Waals surface area contributed by atoms with Crippen LogP contribution in [0.4, 0.5) is 0 Å². The molecular weight excluding hydrogens is 318 g/mol. The largest absolute Gasteiger partial charge is 0.493 e. The monoisotopic (exact) mass is 341 g/mol. The molecular formula is C20H23NO4. The molecule has 1 spiro atoms. The highest BCUT2D eigenvalue weighted by molar-refractivity contribution is 5.66. The van der Waals surface area contributed by atoms with Crippen LogP contribution in [0, 0.1) is 0 Å². The van der Waals surface area contributed by atoms with Gasteiger partial charge in [-0.3, -0.25) is 9.69 Å². The molecule has 0 amide bonds. The molecule has 132 valence electrons. The molecule has 0 saturated carbocycles. The van der Waals surface area contributed by atoms with Crippen LogP contribution in [0.5, 0.6) is 11.5 Å². The molecule has 0 aromatic heterocycles. The number of carbonyl (C=O) groups is 1. The van der Waals surface area contributed by atoms with Gasteiger partial charge in [0.25, 0.3) is 0 Å². The Balaban J connectivity index is 1.85. The second kappa shape index (κ2) is 5.92. The van der Waals surface area contributed by atoms with Gasteiger partial charge < -0.3 is 14.2 Å². The molecule has 5 heteroatoms. The molecule has 0 bridgehead atoms. The lowest BCUT2D eigenvalue weighted by Crippen LogP contribution is -2.51. The SMILES string of the molecule is COc1cc2c(cc1OC)[C@]13C[C@@H](OC(C)=O)C=CC1=CCN3CC2. The molecule has 0 fully saturated rings. The minimum absolute atomic E-state index is 0.214. The van der Waals surface area contributed by atoms with Crippen LogP contribution in [-0.4, -0.2) is 44.3 Å². The summed E-state index contributed by atoms with van der Waals surface area (Å²) in [5, 5.41) is 0. The Hall–Kier alpha value is -2.27. The maximum atomic E-state index is 11.5. The summed E-state index contributed by atoms with van der Waals surface area (Å²) in [4.78, 5) is 14.0. The number of hydrogen-bond acceptors (Lipinski definition) is 5. The summed E-state index contributed by atoms with van der Waals surface area (Å²) in [6, 6.07) is 4.19. The molecule has 5 nitrogen and oxygen atoms in total. The van der Waals surface area contributed by atoms with Gasteiger partial charge in [0.1, 0.15) is 6.10 Å². The van der Waals surface area contributed by atoms with Gasteiger partial charge in [0.15, 0.2) is 11.5 Å². The number of benzene rings is 1. The lowest BCUT2D eigenvalue weighted by Gasteiger charge is -2.48. The van der Waals surface area contributed by atoms with Crippen molar-refractivity contribution in [1.82, 2.24) is 4.90 Å². The van der Waals surface area contributed by atoms with Crippen LogP contribution >= 0.6 is 0 Å². The van der Waals surface area contributed by atoms with Gasteiger partial charge in [0.2, 0.25) is 0 Å². The predicted octanol–water partition coefficient (Wildman–Crippen LogP) is 2.59. The standard InChI is InChI=1S/C20H23NO4/c1-13(22)25-16-5-4-15-7-9-21-8-6-14-10-18(23-2)19(24-3)11-17(14)20(15,21)12-16/h4-5,7,10-11,16H,6,8-9,12H2,1-3H3/t16-,20-/m0/s1. The number of ether oxygens (including phenoxy) is 3. The molecule has 0 N–H and O–H groups in total. The molecule has 4 rings (SSSR count). The van der Waals surface area contributed by atoms with E-state index < -0.39 is 0 Å². The van der Waals surface area contributed by atoms with Gasteiger partial charge in [-0.1, -0.05) is 12.2 Å². The third-order valence-corrected chi connectivity index (χ3v) is 5.56. The Morgan fingerprint density at radius 1 is 1.24 bits per heavy atom. The van der Waals surface area contributed by atoms with Crippen LogP contribution in [-0.2, 0) is 21.5 Å². The maximum Gasteiger partial charge on any atom is 0.303 e. The maximum absolute atomic E-state index is 11.5. The van der Waals surface area contributed by atoms with Crippen LogP contribution < -0.4 is 9.47 Å². The number of hydrogen-bond donors (Lipinski definition) is 0. The molecule has 1 aromatic rings. The number of methoxy groups -OCH3 is 2. The average Bonchev–Trinajstić information content (AvgIpc) is 2.98. The summed E-state index contributed by atoms with van der Waals surface area (Å²) in [5.74, 6) is 1.26. The Kier molecular flexibility index (Phi) is 3.84. The second-order valence-corrected chi connectivity index (χ2v) is 6.79. The highest BCUT2D eigenvalue weighted by atomic mass is 16.5. The number of esters is 1. The second-order valence-electron chi connectivity index (χ2n) is 6.79. The summed E-state index contributed by atoms with van der Waals surface area (Å²) in [6.45, 7) is 3.36. The Morgan fingerprint density at radius 2 is 2.00 bits per heavy atom. The number of rotatable bonds is 3. The number of carbonyl (C=O) groups excluding carboxylic acids is 1. The summed E-state index contributed by atoms with van der Waals surface area (Å²) in [6.07, 6.45) is 7.89. The van der Waals surface area contributed by atoms with E-state index in [9.17, 15) is 4.79 Å². The topological polar surface area (TPSA) is 48.0 Å². The van der Waals surface area contributed by atoms with Gasteiger partial charge in [0.05, 0.1) is 19.8 Å². The van der Waals surface area contributed by atoms with Gasteiger partial charge in [-0.15, -0.1) is 0 Å². The normalized spacial score (nSPS) is 27.0. The highest BCUT2D eigenvalue weighted by Crippen LogP contribution is 2.52. The first-order valence-electron chi connectivity index (χ1n) is 8.65. The van der Waals surface area contributed by atoms with Crippen LogP contribution in [0.2, 0.25) is 0 Å².